The lowest BCUT2D eigenvalue weighted by Gasteiger charge is -2.37. The SMILES string of the molecule is CS(=O)(=O)N(C1CC1)C1CCN(CCCOc2ccc(F)cc2)CC1. The van der Waals surface area contributed by atoms with E-state index in [9.17, 15) is 12.8 Å². The first kappa shape index (κ1) is 18.6. The van der Waals surface area contributed by atoms with Crippen LogP contribution in [0.1, 0.15) is 32.1 Å². The van der Waals surface area contributed by atoms with Gasteiger partial charge in [0, 0.05) is 18.6 Å². The second-order valence-corrected chi connectivity index (χ2v) is 8.94. The highest BCUT2D eigenvalue weighted by atomic mass is 32.2. The van der Waals surface area contributed by atoms with Crippen molar-refractivity contribution in [2.45, 2.75) is 44.2 Å². The number of sulfonamides is 1. The maximum absolute atomic E-state index is 12.8. The molecule has 5 nitrogen and oxygen atoms in total. The van der Waals surface area contributed by atoms with Gasteiger partial charge in [0.2, 0.25) is 10.0 Å². The smallest absolute Gasteiger partial charge is 0.211 e. The van der Waals surface area contributed by atoms with Gasteiger partial charge in [0.25, 0.3) is 0 Å². The minimum atomic E-state index is -3.11. The van der Waals surface area contributed by atoms with Crippen molar-refractivity contribution >= 4 is 10.0 Å². The van der Waals surface area contributed by atoms with Crippen molar-refractivity contribution in [3.8, 4) is 5.75 Å². The highest BCUT2D eigenvalue weighted by molar-refractivity contribution is 7.88. The Bertz CT molecular complexity index is 653. The van der Waals surface area contributed by atoms with Gasteiger partial charge in [-0.25, -0.2) is 12.8 Å². The van der Waals surface area contributed by atoms with E-state index in [1.165, 1.54) is 18.4 Å². The van der Waals surface area contributed by atoms with Crippen LogP contribution in [0.25, 0.3) is 0 Å². The van der Waals surface area contributed by atoms with E-state index in [2.05, 4.69) is 4.90 Å². The Kier molecular flexibility index (Phi) is 5.96. The zero-order chi connectivity index (χ0) is 17.9. The molecule has 0 unspecified atom stereocenters. The number of nitrogens with zero attached hydrogens (tertiary/aromatic N) is 2. The molecular weight excluding hydrogens is 343 g/mol. The lowest BCUT2D eigenvalue weighted by Crippen LogP contribution is -2.48. The van der Waals surface area contributed by atoms with E-state index in [1.807, 2.05) is 0 Å². The van der Waals surface area contributed by atoms with Crippen molar-refractivity contribution in [2.24, 2.45) is 0 Å². The number of piperidine rings is 1. The summed E-state index contributed by atoms with van der Waals surface area (Å²) in [6, 6.07) is 6.47. The summed E-state index contributed by atoms with van der Waals surface area (Å²) in [5.74, 6) is 0.429. The summed E-state index contributed by atoms with van der Waals surface area (Å²) < 4.78 is 44.3. The molecule has 0 atom stereocenters. The molecule has 0 N–H and O–H groups in total. The van der Waals surface area contributed by atoms with Crippen LogP contribution >= 0.6 is 0 Å². The summed E-state index contributed by atoms with van der Waals surface area (Å²) in [4.78, 5) is 2.37. The van der Waals surface area contributed by atoms with Gasteiger partial charge in [-0.15, -0.1) is 0 Å². The molecule has 1 aromatic rings. The first-order valence-corrected chi connectivity index (χ1v) is 10.9. The van der Waals surface area contributed by atoms with Crippen molar-refractivity contribution in [1.82, 2.24) is 9.21 Å². The number of benzene rings is 1. The van der Waals surface area contributed by atoms with Crippen LogP contribution < -0.4 is 4.74 Å². The number of hydrogen-bond acceptors (Lipinski definition) is 4. The third-order valence-corrected chi connectivity index (χ3v) is 6.27. The number of ether oxygens (including phenoxy) is 1. The zero-order valence-electron chi connectivity index (χ0n) is 14.7. The third kappa shape index (κ3) is 5.39. The first-order valence-electron chi connectivity index (χ1n) is 9.03. The Labute approximate surface area is 149 Å². The van der Waals surface area contributed by atoms with Gasteiger partial charge in [-0.3, -0.25) is 0 Å². The predicted octanol–water partition coefficient (Wildman–Crippen LogP) is 2.48. The second kappa shape index (κ2) is 8.01. The molecule has 0 amide bonds. The summed E-state index contributed by atoms with van der Waals surface area (Å²) in [7, 11) is -3.11. The van der Waals surface area contributed by atoms with E-state index in [4.69, 9.17) is 4.74 Å². The van der Waals surface area contributed by atoms with Crippen LogP contribution in [-0.2, 0) is 10.0 Å². The Morgan fingerprint density at radius 1 is 1.12 bits per heavy atom. The van der Waals surface area contributed by atoms with E-state index < -0.39 is 10.0 Å². The van der Waals surface area contributed by atoms with Gasteiger partial charge in [0.05, 0.1) is 12.9 Å². The van der Waals surface area contributed by atoms with Crippen LogP contribution in [0.4, 0.5) is 4.39 Å². The highest BCUT2D eigenvalue weighted by Gasteiger charge is 2.40. The van der Waals surface area contributed by atoms with Crippen LogP contribution in [0, 0.1) is 5.82 Å². The fourth-order valence-corrected chi connectivity index (χ4v) is 5.08. The van der Waals surface area contributed by atoms with Gasteiger partial charge in [0.15, 0.2) is 0 Å². The van der Waals surface area contributed by atoms with Crippen molar-refractivity contribution in [3.63, 3.8) is 0 Å². The van der Waals surface area contributed by atoms with Crippen molar-refractivity contribution < 1.29 is 17.5 Å². The maximum atomic E-state index is 12.8. The summed E-state index contributed by atoms with van der Waals surface area (Å²) in [5.41, 5.74) is 0. The standard InChI is InChI=1S/C18H27FN2O3S/c1-25(22,23)21(16-5-6-16)17-9-12-20(13-10-17)11-2-14-24-18-7-3-15(19)4-8-18/h3-4,7-8,16-17H,2,5-6,9-14H2,1H3. The van der Waals surface area contributed by atoms with Gasteiger partial charge in [-0.1, -0.05) is 0 Å². The Morgan fingerprint density at radius 3 is 2.28 bits per heavy atom. The van der Waals surface area contributed by atoms with Gasteiger partial charge in [0.1, 0.15) is 11.6 Å². The predicted molar refractivity (Wildman–Crippen MR) is 95.7 cm³/mol. The fraction of sp³-hybridized carbons (Fsp3) is 0.667. The molecule has 0 radical (unpaired) electrons. The topological polar surface area (TPSA) is 49.9 Å². The quantitative estimate of drug-likeness (QED) is 0.660. The molecular formula is C18H27FN2O3S. The lowest BCUT2D eigenvalue weighted by molar-refractivity contribution is 0.148. The molecule has 1 aliphatic heterocycles. The van der Waals surface area contributed by atoms with E-state index in [0.717, 1.165) is 51.7 Å². The molecule has 1 aromatic carbocycles. The maximum Gasteiger partial charge on any atom is 0.211 e. The number of halogens is 1. The van der Waals surface area contributed by atoms with Crippen molar-refractivity contribution in [2.75, 3.05) is 32.5 Å². The van der Waals surface area contributed by atoms with Gasteiger partial charge < -0.3 is 9.64 Å². The number of likely N-dealkylation sites (tertiary alicyclic amines) is 1. The molecule has 7 heteroatoms. The number of hydrogen-bond donors (Lipinski definition) is 0. The van der Waals surface area contributed by atoms with Gasteiger partial charge >= 0.3 is 0 Å². The summed E-state index contributed by atoms with van der Waals surface area (Å²) >= 11 is 0. The Balaban J connectivity index is 1.37. The molecule has 140 valence electrons. The fourth-order valence-electron chi connectivity index (χ4n) is 3.58. The van der Waals surface area contributed by atoms with Crippen LogP contribution in [0.5, 0.6) is 5.75 Å². The van der Waals surface area contributed by atoms with E-state index in [1.54, 1.807) is 16.4 Å². The monoisotopic (exact) mass is 370 g/mol. The minimum Gasteiger partial charge on any atom is -0.494 e. The first-order chi connectivity index (χ1) is 11.9. The normalized spacial score (nSPS) is 20.1. The minimum absolute atomic E-state index is 0.161. The molecule has 1 saturated carbocycles. The molecule has 0 bridgehead atoms. The van der Waals surface area contributed by atoms with Crippen molar-refractivity contribution in [1.29, 1.82) is 0 Å². The van der Waals surface area contributed by atoms with Crippen LogP contribution in [0.2, 0.25) is 0 Å². The van der Waals surface area contributed by atoms with Gasteiger partial charge in [-0.05, 0) is 69.5 Å². The Morgan fingerprint density at radius 2 is 1.72 bits per heavy atom. The molecule has 0 aromatic heterocycles. The Hall–Kier alpha value is -1.18. The zero-order valence-corrected chi connectivity index (χ0v) is 15.5. The molecule has 1 saturated heterocycles. The van der Waals surface area contributed by atoms with Crippen molar-refractivity contribution in [3.05, 3.63) is 30.1 Å². The van der Waals surface area contributed by atoms with Gasteiger partial charge in [-0.2, -0.15) is 4.31 Å². The average Bonchev–Trinajstić information content (AvgIpc) is 3.38. The molecule has 1 heterocycles. The molecule has 0 spiro atoms. The molecule has 2 aliphatic rings. The molecule has 2 fully saturated rings. The second-order valence-electron chi connectivity index (χ2n) is 7.05. The number of rotatable bonds is 8. The lowest BCUT2D eigenvalue weighted by atomic mass is 10.0. The largest absolute Gasteiger partial charge is 0.494 e. The third-order valence-electron chi connectivity index (χ3n) is 4.91. The van der Waals surface area contributed by atoms with Crippen LogP contribution in [-0.4, -0.2) is 62.2 Å². The molecule has 25 heavy (non-hydrogen) atoms. The van der Waals surface area contributed by atoms with E-state index in [-0.39, 0.29) is 17.9 Å². The van der Waals surface area contributed by atoms with Crippen LogP contribution in [0.3, 0.4) is 0 Å². The molecule has 1 aliphatic carbocycles. The van der Waals surface area contributed by atoms with E-state index >= 15 is 0 Å². The molecule has 3 rings (SSSR count). The average molecular weight is 370 g/mol. The van der Waals surface area contributed by atoms with Crippen LogP contribution in [0.15, 0.2) is 24.3 Å². The summed E-state index contributed by atoms with van der Waals surface area (Å²) in [6.07, 6.45) is 6.07. The van der Waals surface area contributed by atoms with E-state index in [0.29, 0.717) is 12.4 Å². The summed E-state index contributed by atoms with van der Waals surface area (Å²) in [5, 5.41) is 0. The summed E-state index contributed by atoms with van der Waals surface area (Å²) in [6.45, 7) is 3.40. The highest BCUT2D eigenvalue weighted by Crippen LogP contribution is 2.33.